The van der Waals surface area contributed by atoms with Crippen LogP contribution in [-0.4, -0.2) is 17.9 Å². The molecule has 4 aromatic carbocycles. The number of benzene rings is 4. The molecular weight excluding hydrogens is 452 g/mol. The molecule has 1 N–H and O–H groups in total. The van der Waals surface area contributed by atoms with Crippen LogP contribution in [0, 0.1) is 0 Å². The predicted molar refractivity (Wildman–Crippen MR) is 137 cm³/mol. The number of rotatable bonds is 9. The summed E-state index contributed by atoms with van der Waals surface area (Å²) in [5, 5.41) is 7.15. The van der Waals surface area contributed by atoms with Crippen LogP contribution in [0.15, 0.2) is 101 Å². The Morgan fingerprint density at radius 3 is 2.52 bits per heavy atom. The van der Waals surface area contributed by atoms with Gasteiger partial charge in [0.05, 0.1) is 6.21 Å². The van der Waals surface area contributed by atoms with E-state index in [1.807, 2.05) is 66.7 Å². The highest BCUT2D eigenvalue weighted by Crippen LogP contribution is 2.22. The third kappa shape index (κ3) is 6.85. The summed E-state index contributed by atoms with van der Waals surface area (Å²) in [7, 11) is 0. The number of thioether (sulfide) groups is 1. The van der Waals surface area contributed by atoms with Gasteiger partial charge in [-0.3, -0.25) is 4.79 Å². The molecule has 0 bridgehead atoms. The summed E-state index contributed by atoms with van der Waals surface area (Å²) in [6.07, 6.45) is 2.00. The lowest BCUT2D eigenvalue weighted by molar-refractivity contribution is -0.120. The minimum Gasteiger partial charge on any atom is -0.489 e. The Labute approximate surface area is 202 Å². The van der Waals surface area contributed by atoms with Gasteiger partial charge in [0.15, 0.2) is 0 Å². The molecule has 4 rings (SSSR count). The fraction of sp³-hybridized carbons (Fsp3) is 0.111. The normalized spacial score (nSPS) is 11.1. The van der Waals surface area contributed by atoms with Crippen molar-refractivity contribution in [2.24, 2.45) is 5.10 Å². The Morgan fingerprint density at radius 1 is 0.939 bits per heavy atom. The van der Waals surface area contributed by atoms with Crippen molar-refractivity contribution in [3.8, 4) is 5.75 Å². The highest BCUT2D eigenvalue weighted by Gasteiger charge is 2.03. The number of carbonyl (C=O) groups is 1. The van der Waals surface area contributed by atoms with Crippen molar-refractivity contribution in [1.29, 1.82) is 0 Å². The second kappa shape index (κ2) is 11.5. The van der Waals surface area contributed by atoms with Gasteiger partial charge in [-0.2, -0.15) is 5.10 Å². The van der Waals surface area contributed by atoms with Crippen molar-refractivity contribution in [2.75, 3.05) is 5.75 Å². The first-order valence-electron chi connectivity index (χ1n) is 10.6. The molecule has 4 aromatic rings. The molecule has 0 fully saturated rings. The van der Waals surface area contributed by atoms with E-state index < -0.39 is 0 Å². The summed E-state index contributed by atoms with van der Waals surface area (Å²) in [6.45, 7) is 0.499. The molecule has 0 aliphatic rings. The number of fused-ring (bicyclic) bond motifs is 1. The number of nitrogens with one attached hydrogen (secondary N) is 1. The standard InChI is InChI=1S/C27H23ClN2O2S/c28-23-10-14-25(15-11-23)33-17-16-27(31)30-29-18-20-8-12-24(13-9-20)32-19-22-6-3-5-21-4-1-2-7-26(21)22/h1-15,18H,16-17,19H2,(H,30,31)/b29-18-. The van der Waals surface area contributed by atoms with Crippen molar-refractivity contribution in [3.63, 3.8) is 0 Å². The average Bonchev–Trinajstić information content (AvgIpc) is 2.85. The van der Waals surface area contributed by atoms with Gasteiger partial charge < -0.3 is 4.74 Å². The number of hydrogen-bond donors (Lipinski definition) is 1. The summed E-state index contributed by atoms with van der Waals surface area (Å²) in [4.78, 5) is 13.0. The molecule has 0 radical (unpaired) electrons. The predicted octanol–water partition coefficient (Wildman–Crippen LogP) is 6.70. The van der Waals surface area contributed by atoms with E-state index in [1.165, 1.54) is 10.8 Å². The molecular formula is C27H23ClN2O2S. The minimum absolute atomic E-state index is 0.122. The number of ether oxygens (including phenoxy) is 1. The number of halogens is 1. The second-order valence-electron chi connectivity index (χ2n) is 7.34. The molecule has 0 aromatic heterocycles. The zero-order valence-electron chi connectivity index (χ0n) is 17.9. The minimum atomic E-state index is -0.122. The summed E-state index contributed by atoms with van der Waals surface area (Å²) >= 11 is 7.48. The molecule has 0 spiro atoms. The zero-order chi connectivity index (χ0) is 22.9. The van der Waals surface area contributed by atoms with Gasteiger partial charge in [0, 0.05) is 22.1 Å². The fourth-order valence-corrected chi connectivity index (χ4v) is 4.23. The summed E-state index contributed by atoms with van der Waals surface area (Å²) < 4.78 is 5.96. The number of hydrogen-bond acceptors (Lipinski definition) is 4. The van der Waals surface area contributed by atoms with Gasteiger partial charge in [-0.15, -0.1) is 11.8 Å². The van der Waals surface area contributed by atoms with E-state index in [2.05, 4.69) is 34.8 Å². The molecule has 0 unspecified atom stereocenters. The van der Waals surface area contributed by atoms with Crippen LogP contribution in [0.25, 0.3) is 10.8 Å². The summed E-state index contributed by atoms with van der Waals surface area (Å²) in [5.41, 5.74) is 4.60. The van der Waals surface area contributed by atoms with Crippen LogP contribution in [-0.2, 0) is 11.4 Å². The van der Waals surface area contributed by atoms with Crippen LogP contribution in [0.5, 0.6) is 5.75 Å². The third-order valence-corrected chi connectivity index (χ3v) is 6.23. The van der Waals surface area contributed by atoms with Gasteiger partial charge in [-0.25, -0.2) is 5.43 Å². The van der Waals surface area contributed by atoms with Crippen LogP contribution in [0.3, 0.4) is 0 Å². The monoisotopic (exact) mass is 474 g/mol. The maximum atomic E-state index is 12.0. The lowest BCUT2D eigenvalue weighted by Crippen LogP contribution is -2.17. The average molecular weight is 475 g/mol. The Hall–Kier alpha value is -3.28. The van der Waals surface area contributed by atoms with Crippen LogP contribution in [0.1, 0.15) is 17.5 Å². The van der Waals surface area contributed by atoms with E-state index >= 15 is 0 Å². The molecule has 6 heteroatoms. The lowest BCUT2D eigenvalue weighted by Gasteiger charge is -2.09. The molecule has 0 heterocycles. The molecule has 0 aliphatic carbocycles. The second-order valence-corrected chi connectivity index (χ2v) is 8.95. The Balaban J connectivity index is 1.21. The Morgan fingerprint density at radius 2 is 1.70 bits per heavy atom. The molecule has 0 atom stereocenters. The van der Waals surface area contributed by atoms with E-state index in [4.69, 9.17) is 16.3 Å². The molecule has 0 saturated carbocycles. The first-order chi connectivity index (χ1) is 16.2. The number of nitrogens with zero attached hydrogens (tertiary/aromatic N) is 1. The van der Waals surface area contributed by atoms with Crippen molar-refractivity contribution in [3.05, 3.63) is 107 Å². The van der Waals surface area contributed by atoms with E-state index in [0.29, 0.717) is 23.8 Å². The Bertz CT molecular complexity index is 1240. The van der Waals surface area contributed by atoms with E-state index in [1.54, 1.807) is 18.0 Å². The zero-order valence-corrected chi connectivity index (χ0v) is 19.5. The van der Waals surface area contributed by atoms with Crippen molar-refractivity contribution in [1.82, 2.24) is 5.43 Å². The van der Waals surface area contributed by atoms with E-state index in [9.17, 15) is 4.79 Å². The molecule has 0 aliphatic heterocycles. The topological polar surface area (TPSA) is 50.7 Å². The third-order valence-electron chi connectivity index (χ3n) is 4.97. The van der Waals surface area contributed by atoms with Crippen LogP contribution >= 0.6 is 23.4 Å². The lowest BCUT2D eigenvalue weighted by atomic mass is 10.1. The van der Waals surface area contributed by atoms with Crippen LogP contribution < -0.4 is 10.2 Å². The number of amides is 1. The smallest absolute Gasteiger partial charge is 0.240 e. The first kappa shape index (κ1) is 22.9. The first-order valence-corrected chi connectivity index (χ1v) is 11.9. The summed E-state index contributed by atoms with van der Waals surface area (Å²) in [5.74, 6) is 1.33. The molecule has 166 valence electrons. The van der Waals surface area contributed by atoms with Gasteiger partial charge in [0.1, 0.15) is 12.4 Å². The van der Waals surface area contributed by atoms with E-state index in [0.717, 1.165) is 21.8 Å². The molecule has 1 amide bonds. The maximum absolute atomic E-state index is 12.0. The van der Waals surface area contributed by atoms with Gasteiger partial charge in [0.25, 0.3) is 0 Å². The maximum Gasteiger partial charge on any atom is 0.240 e. The Kier molecular flexibility index (Phi) is 8.01. The largest absolute Gasteiger partial charge is 0.489 e. The molecule has 0 saturated heterocycles. The molecule has 33 heavy (non-hydrogen) atoms. The number of carbonyl (C=O) groups excluding carboxylic acids is 1. The van der Waals surface area contributed by atoms with Crippen LogP contribution in [0.4, 0.5) is 0 Å². The fourth-order valence-electron chi connectivity index (χ4n) is 3.26. The van der Waals surface area contributed by atoms with Crippen molar-refractivity contribution >= 4 is 46.3 Å². The van der Waals surface area contributed by atoms with E-state index in [-0.39, 0.29) is 5.91 Å². The molecule has 4 nitrogen and oxygen atoms in total. The van der Waals surface area contributed by atoms with Gasteiger partial charge in [-0.1, -0.05) is 54.1 Å². The summed E-state index contributed by atoms with van der Waals surface area (Å²) in [6, 6.07) is 29.7. The highest BCUT2D eigenvalue weighted by molar-refractivity contribution is 7.99. The van der Waals surface area contributed by atoms with Crippen molar-refractivity contribution in [2.45, 2.75) is 17.9 Å². The highest BCUT2D eigenvalue weighted by atomic mass is 35.5. The van der Waals surface area contributed by atoms with Crippen molar-refractivity contribution < 1.29 is 9.53 Å². The van der Waals surface area contributed by atoms with Crippen LogP contribution in [0.2, 0.25) is 5.02 Å². The SMILES string of the molecule is O=C(CCSc1ccc(Cl)cc1)N/N=C\c1ccc(OCc2cccc3ccccc23)cc1. The van der Waals surface area contributed by atoms with Gasteiger partial charge in [0.2, 0.25) is 5.91 Å². The quantitative estimate of drug-likeness (QED) is 0.167. The van der Waals surface area contributed by atoms with Gasteiger partial charge in [-0.05, 0) is 70.4 Å². The van der Waals surface area contributed by atoms with Gasteiger partial charge >= 0.3 is 0 Å². The number of hydrazone groups is 1.